The molecule has 1 aliphatic heterocycles. The lowest BCUT2D eigenvalue weighted by atomic mass is 9.33. The molecule has 4 saturated carbocycles. The first-order valence-corrected chi connectivity index (χ1v) is 22.2. The van der Waals surface area contributed by atoms with Crippen molar-refractivity contribution < 1.29 is 27.5 Å². The van der Waals surface area contributed by atoms with Crippen LogP contribution in [-0.4, -0.2) is 73.7 Å². The number of nitrogens with zero attached hydrogens (tertiary/aromatic N) is 1. The number of fused-ring (bicyclic) bond motifs is 7. The molecule has 1 amide bonds. The van der Waals surface area contributed by atoms with E-state index in [0.29, 0.717) is 55.5 Å². The molecule has 0 radical (unpaired) electrons. The number of nitrogens with one attached hydrogen (secondary N) is 1. The number of amides is 1. The number of alkyl halides is 1. The number of allylic oxidation sites excluding steroid dienone is 5. The van der Waals surface area contributed by atoms with Gasteiger partial charge in [-0.2, -0.15) is 0 Å². The highest BCUT2D eigenvalue weighted by Gasteiger charge is 2.70. The van der Waals surface area contributed by atoms with Crippen LogP contribution in [0, 0.1) is 56.7 Å². The Balaban J connectivity index is 1.14. The predicted octanol–water partition coefficient (Wildman–Crippen LogP) is 7.93. The molecule has 0 aromatic carbocycles. The highest BCUT2D eigenvalue weighted by Crippen LogP contribution is 2.76. The van der Waals surface area contributed by atoms with Gasteiger partial charge in [0.05, 0.1) is 23.5 Å². The fraction of sp³-hybridized carbons (Fsp3) is 0.814. The lowest BCUT2D eigenvalue weighted by molar-refractivity contribution is -0.221. The maximum atomic E-state index is 14.0. The van der Waals surface area contributed by atoms with Crippen molar-refractivity contribution in [3.8, 4) is 0 Å². The van der Waals surface area contributed by atoms with Crippen molar-refractivity contribution in [3.63, 3.8) is 0 Å². The van der Waals surface area contributed by atoms with Crippen LogP contribution in [0.25, 0.3) is 0 Å². The highest BCUT2D eigenvalue weighted by atomic mass is 32.2. The lowest BCUT2D eigenvalue weighted by Gasteiger charge is -2.72. The molecule has 10 unspecified atom stereocenters. The average molecular weight is 741 g/mol. The first-order valence-electron chi connectivity index (χ1n) is 20.4. The number of carbonyl (C=O) groups excluding carboxylic acids is 1. The Labute approximate surface area is 312 Å². The van der Waals surface area contributed by atoms with E-state index in [-0.39, 0.29) is 57.6 Å². The fourth-order valence-corrected chi connectivity index (χ4v) is 15.6. The molecule has 0 spiro atoms. The number of hydrogen-bond donors (Lipinski definition) is 2. The maximum absolute atomic E-state index is 14.0. The van der Waals surface area contributed by atoms with Crippen LogP contribution in [0.5, 0.6) is 0 Å². The SMILES string of the molecule is C=C(C)C1CCC2(NCC(=O)N3CCS(=O)(=O)CC3)CCC3(C)C(CCC4C5(C)CC=C(C6=CCC(CF)(C(=O)O)CC6)C(C)(C)C5CCC43C)C12. The van der Waals surface area contributed by atoms with Gasteiger partial charge in [-0.05, 0) is 146 Å². The molecule has 1 heterocycles. The standard InChI is InChI=1S/C43H65FN2O5S/c1-28(2)30-12-19-43(45-26-35(47)46-22-24-52(50,51)25-23-46)21-20-40(6)32(36(30)43)8-9-34-39(5)15-13-31(38(3,4)33(39)14-16-41(34,40)7)29-10-17-42(27-44,18-11-29)37(48)49/h10,13,30,32-34,36,45H,1,8-9,11-12,14-27H2,2-7H3,(H,48,49). The Morgan fingerprint density at radius 3 is 2.25 bits per heavy atom. The summed E-state index contributed by atoms with van der Waals surface area (Å²) in [5.41, 5.74) is 2.95. The summed E-state index contributed by atoms with van der Waals surface area (Å²) < 4.78 is 38.0. The van der Waals surface area contributed by atoms with E-state index in [1.807, 2.05) is 0 Å². The summed E-state index contributed by atoms with van der Waals surface area (Å²) in [5, 5.41) is 13.7. The monoisotopic (exact) mass is 740 g/mol. The minimum Gasteiger partial charge on any atom is -0.481 e. The Morgan fingerprint density at radius 1 is 0.923 bits per heavy atom. The van der Waals surface area contributed by atoms with E-state index < -0.39 is 27.9 Å². The number of hydrogen-bond acceptors (Lipinski definition) is 5. The molecule has 52 heavy (non-hydrogen) atoms. The quantitative estimate of drug-likeness (QED) is 0.257. The first-order chi connectivity index (χ1) is 24.3. The van der Waals surface area contributed by atoms with Crippen LogP contribution in [0.3, 0.4) is 0 Å². The fourth-order valence-electron chi connectivity index (χ4n) is 14.4. The van der Waals surface area contributed by atoms with Crippen molar-refractivity contribution in [1.82, 2.24) is 10.2 Å². The molecule has 1 saturated heterocycles. The van der Waals surface area contributed by atoms with Crippen LogP contribution in [0.15, 0.2) is 35.5 Å². The van der Waals surface area contributed by atoms with Crippen LogP contribution in [0.4, 0.5) is 4.39 Å². The van der Waals surface area contributed by atoms with Crippen LogP contribution >= 0.6 is 0 Å². The number of aliphatic carboxylic acids is 1. The van der Waals surface area contributed by atoms with Gasteiger partial charge in [0.1, 0.15) is 6.67 Å². The van der Waals surface area contributed by atoms with Crippen LogP contribution in [-0.2, 0) is 19.4 Å². The molecule has 9 heteroatoms. The number of sulfone groups is 1. The Bertz CT molecular complexity index is 1670. The summed E-state index contributed by atoms with van der Waals surface area (Å²) in [6.45, 7) is 19.5. The molecule has 7 nitrogen and oxygen atoms in total. The van der Waals surface area contributed by atoms with Gasteiger partial charge >= 0.3 is 5.97 Å². The Morgan fingerprint density at radius 2 is 1.63 bits per heavy atom. The molecule has 5 fully saturated rings. The Hall–Kier alpha value is -2.00. The molecule has 0 aromatic heterocycles. The van der Waals surface area contributed by atoms with Gasteiger partial charge < -0.3 is 15.3 Å². The van der Waals surface area contributed by atoms with Gasteiger partial charge in [0.15, 0.2) is 9.84 Å². The third-order valence-electron chi connectivity index (χ3n) is 17.6. The van der Waals surface area contributed by atoms with Crippen LogP contribution in [0.1, 0.15) is 119 Å². The van der Waals surface area contributed by atoms with Gasteiger partial charge in [-0.3, -0.25) is 9.59 Å². The summed E-state index contributed by atoms with van der Waals surface area (Å²) in [5.74, 6) is 1.63. The summed E-state index contributed by atoms with van der Waals surface area (Å²) >= 11 is 0. The summed E-state index contributed by atoms with van der Waals surface area (Å²) in [7, 11) is -3.05. The first kappa shape index (κ1) is 38.3. The van der Waals surface area contributed by atoms with Gasteiger partial charge in [0, 0.05) is 18.6 Å². The van der Waals surface area contributed by atoms with Gasteiger partial charge in [-0.15, -0.1) is 0 Å². The molecule has 6 aliphatic carbocycles. The number of carbonyl (C=O) groups is 2. The molecular weight excluding hydrogens is 676 g/mol. The molecule has 0 aromatic rings. The van der Waals surface area contributed by atoms with Gasteiger partial charge in [-0.25, -0.2) is 12.8 Å². The zero-order valence-electron chi connectivity index (χ0n) is 32.8. The van der Waals surface area contributed by atoms with E-state index in [1.54, 1.807) is 4.90 Å². The van der Waals surface area contributed by atoms with Crippen molar-refractivity contribution in [3.05, 3.63) is 35.5 Å². The van der Waals surface area contributed by atoms with Crippen molar-refractivity contribution in [2.24, 2.45) is 56.7 Å². The zero-order valence-corrected chi connectivity index (χ0v) is 33.6. The van der Waals surface area contributed by atoms with Crippen LogP contribution in [0.2, 0.25) is 0 Å². The van der Waals surface area contributed by atoms with Crippen molar-refractivity contribution in [1.29, 1.82) is 0 Å². The third-order valence-corrected chi connectivity index (χ3v) is 19.2. The third kappa shape index (κ3) is 5.57. The van der Waals surface area contributed by atoms with Crippen molar-refractivity contribution >= 4 is 21.7 Å². The maximum Gasteiger partial charge on any atom is 0.312 e. The van der Waals surface area contributed by atoms with E-state index in [2.05, 4.69) is 65.6 Å². The summed E-state index contributed by atoms with van der Waals surface area (Å²) in [6, 6.07) is 0. The second kappa shape index (κ2) is 12.8. The highest BCUT2D eigenvalue weighted by molar-refractivity contribution is 7.91. The van der Waals surface area contributed by atoms with E-state index in [0.717, 1.165) is 32.1 Å². The summed E-state index contributed by atoms with van der Waals surface area (Å²) in [6.07, 6.45) is 16.0. The Kier molecular flexibility index (Phi) is 9.41. The number of rotatable bonds is 7. The van der Waals surface area contributed by atoms with Gasteiger partial charge in [0.2, 0.25) is 5.91 Å². The lowest BCUT2D eigenvalue weighted by Crippen LogP contribution is -2.68. The molecular formula is C43H65FN2O5S. The van der Waals surface area contributed by atoms with E-state index >= 15 is 0 Å². The largest absolute Gasteiger partial charge is 0.481 e. The smallest absolute Gasteiger partial charge is 0.312 e. The van der Waals surface area contributed by atoms with Gasteiger partial charge in [0.25, 0.3) is 0 Å². The van der Waals surface area contributed by atoms with E-state index in [9.17, 15) is 27.5 Å². The zero-order chi connectivity index (χ0) is 37.7. The molecule has 7 rings (SSSR count). The van der Waals surface area contributed by atoms with Gasteiger partial charge in [-0.1, -0.05) is 58.9 Å². The van der Waals surface area contributed by atoms with E-state index in [4.69, 9.17) is 0 Å². The second-order valence-corrected chi connectivity index (χ2v) is 22.2. The normalized spacial score (nSPS) is 45.0. The number of halogens is 1. The number of carboxylic acid groups (broad SMARTS) is 1. The van der Waals surface area contributed by atoms with Crippen LogP contribution < -0.4 is 5.32 Å². The minimum atomic E-state index is -3.05. The summed E-state index contributed by atoms with van der Waals surface area (Å²) in [4.78, 5) is 27.2. The predicted molar refractivity (Wildman–Crippen MR) is 204 cm³/mol. The molecule has 2 N–H and O–H groups in total. The average Bonchev–Trinajstić information content (AvgIpc) is 3.48. The topological polar surface area (TPSA) is 104 Å². The van der Waals surface area contributed by atoms with Crippen molar-refractivity contribution in [2.45, 2.75) is 124 Å². The second-order valence-electron chi connectivity index (χ2n) is 19.9. The number of carboxylic acids is 1. The van der Waals surface area contributed by atoms with E-state index in [1.165, 1.54) is 42.4 Å². The molecule has 0 bridgehead atoms. The van der Waals surface area contributed by atoms with Crippen molar-refractivity contribution in [2.75, 3.05) is 37.8 Å². The molecule has 290 valence electrons. The minimum absolute atomic E-state index is 0.0250. The molecule has 10 atom stereocenters. The molecule has 7 aliphatic rings.